The molecule has 0 saturated carbocycles. The summed E-state index contributed by atoms with van der Waals surface area (Å²) in [4.78, 5) is 35.0. The maximum absolute atomic E-state index is 12.4. The van der Waals surface area contributed by atoms with E-state index in [9.17, 15) is 9.59 Å². The topological polar surface area (TPSA) is 80.1 Å². The minimum absolute atomic E-state index is 0.0498. The predicted octanol–water partition coefficient (Wildman–Crippen LogP) is 1.77. The molecule has 132 valence electrons. The van der Waals surface area contributed by atoms with Crippen molar-refractivity contribution in [1.82, 2.24) is 24.8 Å². The summed E-state index contributed by atoms with van der Waals surface area (Å²) in [5, 5.41) is 2.86. The number of nitrogens with zero attached hydrogens (tertiary/aromatic N) is 4. The molecule has 1 N–H and O–H groups in total. The first-order valence-electron chi connectivity index (χ1n) is 8.52. The van der Waals surface area contributed by atoms with E-state index in [0.717, 1.165) is 11.4 Å². The fraction of sp³-hybridized carbons (Fsp3) is 0.444. The van der Waals surface area contributed by atoms with E-state index in [4.69, 9.17) is 0 Å². The maximum Gasteiger partial charge on any atom is 0.271 e. The maximum atomic E-state index is 12.4. The molecular formula is C18H23N5O2. The van der Waals surface area contributed by atoms with Gasteiger partial charge in [-0.2, -0.15) is 0 Å². The predicted molar refractivity (Wildman–Crippen MR) is 92.6 cm³/mol. The molecule has 0 saturated heterocycles. The van der Waals surface area contributed by atoms with Crippen LogP contribution in [0.15, 0.2) is 30.7 Å². The number of nitrogens with one attached hydrogen (secondary N) is 1. The lowest BCUT2D eigenvalue weighted by Gasteiger charge is -2.34. The van der Waals surface area contributed by atoms with E-state index < -0.39 is 0 Å². The van der Waals surface area contributed by atoms with Gasteiger partial charge in [0.05, 0.1) is 6.04 Å². The van der Waals surface area contributed by atoms with Crippen molar-refractivity contribution < 1.29 is 9.59 Å². The molecule has 25 heavy (non-hydrogen) atoms. The van der Waals surface area contributed by atoms with Gasteiger partial charge in [-0.25, -0.2) is 4.98 Å². The highest BCUT2D eigenvalue weighted by Crippen LogP contribution is 2.26. The zero-order valence-electron chi connectivity index (χ0n) is 14.8. The van der Waals surface area contributed by atoms with Gasteiger partial charge in [0.1, 0.15) is 11.5 Å². The van der Waals surface area contributed by atoms with Crippen molar-refractivity contribution in [2.75, 3.05) is 6.54 Å². The highest BCUT2D eigenvalue weighted by atomic mass is 16.2. The van der Waals surface area contributed by atoms with E-state index >= 15 is 0 Å². The molecule has 1 aliphatic rings. The largest absolute Gasteiger partial charge is 0.347 e. The second kappa shape index (κ2) is 7.04. The van der Waals surface area contributed by atoms with E-state index in [1.807, 2.05) is 42.4 Å². The first-order chi connectivity index (χ1) is 12.0. The molecule has 0 fully saturated rings. The Hall–Kier alpha value is -2.70. The average molecular weight is 341 g/mol. The molecule has 3 heterocycles. The minimum Gasteiger partial charge on any atom is -0.347 e. The molecule has 0 spiro atoms. The molecule has 1 aliphatic heterocycles. The molecule has 0 unspecified atom stereocenters. The van der Waals surface area contributed by atoms with Crippen molar-refractivity contribution in [3.63, 3.8) is 0 Å². The number of pyridine rings is 1. The van der Waals surface area contributed by atoms with Crippen LogP contribution < -0.4 is 5.32 Å². The van der Waals surface area contributed by atoms with Crippen molar-refractivity contribution in [2.24, 2.45) is 5.92 Å². The van der Waals surface area contributed by atoms with Crippen molar-refractivity contribution in [2.45, 2.75) is 39.9 Å². The Morgan fingerprint density at radius 3 is 2.84 bits per heavy atom. The van der Waals surface area contributed by atoms with E-state index in [1.165, 1.54) is 0 Å². The van der Waals surface area contributed by atoms with E-state index in [2.05, 4.69) is 15.3 Å². The van der Waals surface area contributed by atoms with Crippen LogP contribution in [0.4, 0.5) is 0 Å². The monoisotopic (exact) mass is 341 g/mol. The molecule has 1 atom stereocenters. The van der Waals surface area contributed by atoms with Gasteiger partial charge in [-0.15, -0.1) is 0 Å². The Balaban J connectivity index is 1.71. The Morgan fingerprint density at radius 1 is 1.36 bits per heavy atom. The standard InChI is InChI=1S/C18H23N5O2/c1-12(2)18(25)23-8-7-22-11-15(21-16(22)13(23)3)17(24)20-10-14-5-4-6-19-9-14/h4-6,9,11-13H,7-8,10H2,1-3H3,(H,20,24)/t13-/m1/s1. The highest BCUT2D eigenvalue weighted by Gasteiger charge is 2.31. The van der Waals surface area contributed by atoms with E-state index in [0.29, 0.717) is 25.3 Å². The summed E-state index contributed by atoms with van der Waals surface area (Å²) in [5.41, 5.74) is 1.31. The van der Waals surface area contributed by atoms with E-state index in [-0.39, 0.29) is 23.8 Å². The molecule has 0 bridgehead atoms. The van der Waals surface area contributed by atoms with Crippen molar-refractivity contribution in [1.29, 1.82) is 0 Å². The van der Waals surface area contributed by atoms with Gasteiger partial charge in [-0.3, -0.25) is 14.6 Å². The summed E-state index contributed by atoms with van der Waals surface area (Å²) < 4.78 is 1.97. The van der Waals surface area contributed by atoms with Gasteiger partial charge in [0.2, 0.25) is 5.91 Å². The lowest BCUT2D eigenvalue weighted by Crippen LogP contribution is -2.42. The van der Waals surface area contributed by atoms with Crippen LogP contribution in [-0.2, 0) is 17.9 Å². The van der Waals surface area contributed by atoms with Crippen molar-refractivity contribution >= 4 is 11.8 Å². The number of hydrogen-bond acceptors (Lipinski definition) is 4. The lowest BCUT2D eigenvalue weighted by molar-refractivity contribution is -0.137. The third kappa shape index (κ3) is 3.55. The summed E-state index contributed by atoms with van der Waals surface area (Å²) in [5.74, 6) is 0.599. The van der Waals surface area contributed by atoms with Crippen LogP contribution in [-0.4, -0.2) is 37.8 Å². The summed E-state index contributed by atoms with van der Waals surface area (Å²) >= 11 is 0. The SMILES string of the molecule is CC(C)C(=O)N1CCn2cc(C(=O)NCc3cccnc3)nc2[C@H]1C. The zero-order chi connectivity index (χ0) is 18.0. The number of rotatable bonds is 4. The Bertz CT molecular complexity index is 769. The molecule has 0 aliphatic carbocycles. The summed E-state index contributed by atoms with van der Waals surface area (Å²) in [6, 6.07) is 3.60. The van der Waals surface area contributed by atoms with Gasteiger partial charge in [0, 0.05) is 44.1 Å². The first-order valence-corrected chi connectivity index (χ1v) is 8.52. The molecule has 2 aromatic rings. The van der Waals surface area contributed by atoms with Crippen molar-refractivity contribution in [3.8, 4) is 0 Å². The smallest absolute Gasteiger partial charge is 0.271 e. The molecular weight excluding hydrogens is 318 g/mol. The number of carbonyl (C=O) groups excluding carboxylic acids is 2. The lowest BCUT2D eigenvalue weighted by atomic mass is 10.1. The summed E-state index contributed by atoms with van der Waals surface area (Å²) in [6.45, 7) is 7.44. The van der Waals surface area contributed by atoms with Gasteiger partial charge in [-0.1, -0.05) is 19.9 Å². The van der Waals surface area contributed by atoms with Crippen LogP contribution in [0, 0.1) is 5.92 Å². The fourth-order valence-electron chi connectivity index (χ4n) is 3.01. The molecule has 7 nitrogen and oxygen atoms in total. The first kappa shape index (κ1) is 17.1. The third-order valence-electron chi connectivity index (χ3n) is 4.42. The molecule has 2 aromatic heterocycles. The Labute approximate surface area is 147 Å². The molecule has 7 heteroatoms. The number of hydrogen-bond donors (Lipinski definition) is 1. The van der Waals surface area contributed by atoms with Gasteiger partial charge >= 0.3 is 0 Å². The number of fused-ring (bicyclic) bond motifs is 1. The summed E-state index contributed by atoms with van der Waals surface area (Å²) in [7, 11) is 0. The Kier molecular flexibility index (Phi) is 4.83. The van der Waals surface area contributed by atoms with Crippen LogP contribution in [0.1, 0.15) is 48.7 Å². The normalized spacial score (nSPS) is 16.6. The van der Waals surface area contributed by atoms with Crippen LogP contribution in [0.5, 0.6) is 0 Å². The van der Waals surface area contributed by atoms with Crippen LogP contribution in [0.2, 0.25) is 0 Å². The quantitative estimate of drug-likeness (QED) is 0.919. The molecule has 0 radical (unpaired) electrons. The second-order valence-electron chi connectivity index (χ2n) is 6.58. The minimum atomic E-state index is -0.223. The van der Waals surface area contributed by atoms with Gasteiger partial charge < -0.3 is 14.8 Å². The highest BCUT2D eigenvalue weighted by molar-refractivity contribution is 5.92. The van der Waals surface area contributed by atoms with Gasteiger partial charge in [0.15, 0.2) is 0 Å². The van der Waals surface area contributed by atoms with E-state index in [1.54, 1.807) is 18.6 Å². The van der Waals surface area contributed by atoms with Crippen LogP contribution >= 0.6 is 0 Å². The average Bonchev–Trinajstić information content (AvgIpc) is 3.05. The molecule has 0 aromatic carbocycles. The number of carbonyl (C=O) groups is 2. The Morgan fingerprint density at radius 2 is 2.16 bits per heavy atom. The van der Waals surface area contributed by atoms with Gasteiger partial charge in [0.25, 0.3) is 5.91 Å². The van der Waals surface area contributed by atoms with Crippen molar-refractivity contribution in [3.05, 3.63) is 47.8 Å². The zero-order valence-corrected chi connectivity index (χ0v) is 14.8. The number of amides is 2. The van der Waals surface area contributed by atoms with Crippen LogP contribution in [0.3, 0.4) is 0 Å². The molecule has 3 rings (SSSR count). The molecule has 2 amide bonds. The fourth-order valence-corrected chi connectivity index (χ4v) is 3.01. The number of imidazole rings is 1. The van der Waals surface area contributed by atoms with Gasteiger partial charge in [-0.05, 0) is 18.6 Å². The van der Waals surface area contributed by atoms with Crippen LogP contribution in [0.25, 0.3) is 0 Å². The number of aromatic nitrogens is 3. The second-order valence-corrected chi connectivity index (χ2v) is 6.58. The third-order valence-corrected chi connectivity index (χ3v) is 4.42. The summed E-state index contributed by atoms with van der Waals surface area (Å²) in [6.07, 6.45) is 5.18.